The van der Waals surface area contributed by atoms with Crippen LogP contribution in [-0.2, 0) is 0 Å². The molecule has 0 aromatic heterocycles. The number of benzene rings is 1. The first-order chi connectivity index (χ1) is 7.22. The fourth-order valence-corrected chi connectivity index (χ4v) is 1.66. The summed E-state index contributed by atoms with van der Waals surface area (Å²) in [6.07, 6.45) is 0. The highest BCUT2D eigenvalue weighted by Gasteiger charge is 2.05. The van der Waals surface area contributed by atoms with E-state index in [1.54, 1.807) is 0 Å². The van der Waals surface area contributed by atoms with Crippen molar-refractivity contribution in [1.29, 1.82) is 0 Å². The number of anilines is 1. The molecule has 0 bridgehead atoms. The molecule has 0 fully saturated rings. The zero-order chi connectivity index (χ0) is 11.3. The van der Waals surface area contributed by atoms with E-state index in [1.807, 2.05) is 0 Å². The van der Waals surface area contributed by atoms with Crippen molar-refractivity contribution in [3.05, 3.63) is 29.8 Å². The van der Waals surface area contributed by atoms with E-state index < -0.39 is 0 Å². The number of nitrogens with zero attached hydrogens (tertiary/aromatic N) is 1. The highest BCUT2D eigenvalue weighted by Crippen LogP contribution is 2.17. The third-order valence-electron chi connectivity index (χ3n) is 2.70. The van der Waals surface area contributed by atoms with Gasteiger partial charge in [0.2, 0.25) is 0 Å². The van der Waals surface area contributed by atoms with E-state index >= 15 is 0 Å². The molecule has 0 aliphatic carbocycles. The molecule has 0 amide bonds. The van der Waals surface area contributed by atoms with Crippen LogP contribution in [0.2, 0.25) is 0 Å². The molecule has 0 aliphatic heterocycles. The van der Waals surface area contributed by atoms with Crippen molar-refractivity contribution in [2.24, 2.45) is 11.5 Å². The van der Waals surface area contributed by atoms with Gasteiger partial charge in [-0.15, -0.1) is 0 Å². The summed E-state index contributed by atoms with van der Waals surface area (Å²) in [6.45, 7) is 6.86. The quantitative estimate of drug-likeness (QED) is 0.769. The van der Waals surface area contributed by atoms with Crippen LogP contribution in [0.3, 0.4) is 0 Å². The van der Waals surface area contributed by atoms with Crippen molar-refractivity contribution in [3.8, 4) is 0 Å². The summed E-state index contributed by atoms with van der Waals surface area (Å²) < 4.78 is 0. The molecular formula is C12H21N3. The van der Waals surface area contributed by atoms with E-state index in [1.165, 1.54) is 5.69 Å². The van der Waals surface area contributed by atoms with Gasteiger partial charge in [0.15, 0.2) is 0 Å². The molecular weight excluding hydrogens is 186 g/mol. The standard InChI is InChI=1S/C12H21N3/c1-3-15(4-2)11-7-5-10(6-8-11)12(14)9-13/h5-8,12H,3-4,9,13-14H2,1-2H3/t12-/m0/s1. The summed E-state index contributed by atoms with van der Waals surface area (Å²) in [4.78, 5) is 2.30. The SMILES string of the molecule is CCN(CC)c1ccc([C@@H](N)CN)cc1. The second kappa shape index (κ2) is 5.73. The lowest BCUT2D eigenvalue weighted by Gasteiger charge is -2.21. The van der Waals surface area contributed by atoms with E-state index in [-0.39, 0.29) is 6.04 Å². The van der Waals surface area contributed by atoms with E-state index in [0.29, 0.717) is 6.54 Å². The van der Waals surface area contributed by atoms with Crippen molar-refractivity contribution >= 4 is 5.69 Å². The second-order valence-corrected chi connectivity index (χ2v) is 3.61. The molecule has 84 valence electrons. The minimum Gasteiger partial charge on any atom is -0.372 e. The Morgan fingerprint density at radius 1 is 1.13 bits per heavy atom. The van der Waals surface area contributed by atoms with E-state index in [2.05, 4.69) is 43.0 Å². The summed E-state index contributed by atoms with van der Waals surface area (Å²) >= 11 is 0. The highest BCUT2D eigenvalue weighted by molar-refractivity contribution is 5.47. The number of rotatable bonds is 5. The Balaban J connectivity index is 2.79. The summed E-state index contributed by atoms with van der Waals surface area (Å²) in [7, 11) is 0. The lowest BCUT2D eigenvalue weighted by molar-refractivity contribution is 0.736. The van der Waals surface area contributed by atoms with Crippen molar-refractivity contribution < 1.29 is 0 Å². The predicted molar refractivity (Wildman–Crippen MR) is 66.0 cm³/mol. The zero-order valence-corrected chi connectivity index (χ0v) is 9.61. The van der Waals surface area contributed by atoms with Gasteiger partial charge in [0.1, 0.15) is 0 Å². The summed E-state index contributed by atoms with van der Waals surface area (Å²) in [5.41, 5.74) is 13.7. The summed E-state index contributed by atoms with van der Waals surface area (Å²) in [6, 6.07) is 8.29. The first-order valence-corrected chi connectivity index (χ1v) is 5.53. The normalized spacial score (nSPS) is 12.5. The smallest absolute Gasteiger partial charge is 0.0419 e. The van der Waals surface area contributed by atoms with Gasteiger partial charge in [0.05, 0.1) is 0 Å². The van der Waals surface area contributed by atoms with E-state index in [0.717, 1.165) is 18.7 Å². The Hall–Kier alpha value is -1.06. The van der Waals surface area contributed by atoms with Crippen molar-refractivity contribution in [3.63, 3.8) is 0 Å². The van der Waals surface area contributed by atoms with Gasteiger partial charge in [-0.05, 0) is 31.5 Å². The molecule has 3 heteroatoms. The van der Waals surface area contributed by atoms with Crippen molar-refractivity contribution in [2.75, 3.05) is 24.5 Å². The number of nitrogens with two attached hydrogens (primary N) is 2. The molecule has 4 N–H and O–H groups in total. The Kier molecular flexibility index (Phi) is 4.59. The number of hydrogen-bond acceptors (Lipinski definition) is 3. The van der Waals surface area contributed by atoms with Crippen LogP contribution in [-0.4, -0.2) is 19.6 Å². The Morgan fingerprint density at radius 3 is 2.07 bits per heavy atom. The average Bonchev–Trinajstić information content (AvgIpc) is 2.30. The average molecular weight is 207 g/mol. The third-order valence-corrected chi connectivity index (χ3v) is 2.70. The molecule has 1 rings (SSSR count). The van der Waals surface area contributed by atoms with Gasteiger partial charge in [0.25, 0.3) is 0 Å². The van der Waals surface area contributed by atoms with Crippen LogP contribution in [0.15, 0.2) is 24.3 Å². The first-order valence-electron chi connectivity index (χ1n) is 5.53. The van der Waals surface area contributed by atoms with Gasteiger partial charge in [-0.25, -0.2) is 0 Å². The van der Waals surface area contributed by atoms with Gasteiger partial charge in [-0.1, -0.05) is 12.1 Å². The zero-order valence-electron chi connectivity index (χ0n) is 9.61. The molecule has 0 radical (unpaired) electrons. The molecule has 0 spiro atoms. The molecule has 1 aromatic rings. The molecule has 1 aromatic carbocycles. The summed E-state index contributed by atoms with van der Waals surface area (Å²) in [5.74, 6) is 0. The van der Waals surface area contributed by atoms with Crippen LogP contribution in [0.5, 0.6) is 0 Å². The van der Waals surface area contributed by atoms with E-state index in [4.69, 9.17) is 11.5 Å². The van der Waals surface area contributed by atoms with Crippen LogP contribution < -0.4 is 16.4 Å². The van der Waals surface area contributed by atoms with Crippen LogP contribution in [0.25, 0.3) is 0 Å². The lowest BCUT2D eigenvalue weighted by Crippen LogP contribution is -2.23. The maximum Gasteiger partial charge on any atom is 0.0419 e. The van der Waals surface area contributed by atoms with Gasteiger partial charge in [0, 0.05) is 31.4 Å². The van der Waals surface area contributed by atoms with Gasteiger partial charge in [-0.3, -0.25) is 0 Å². The lowest BCUT2D eigenvalue weighted by atomic mass is 10.1. The minimum atomic E-state index is -0.0456. The molecule has 0 heterocycles. The Bertz CT molecular complexity index is 277. The van der Waals surface area contributed by atoms with Crippen molar-refractivity contribution in [2.45, 2.75) is 19.9 Å². The molecule has 0 aliphatic rings. The highest BCUT2D eigenvalue weighted by atomic mass is 15.1. The minimum absolute atomic E-state index is 0.0456. The van der Waals surface area contributed by atoms with Crippen LogP contribution >= 0.6 is 0 Å². The Labute approximate surface area is 92.1 Å². The molecule has 1 atom stereocenters. The molecule has 0 unspecified atom stereocenters. The van der Waals surface area contributed by atoms with Crippen LogP contribution in [0, 0.1) is 0 Å². The van der Waals surface area contributed by atoms with Gasteiger partial charge in [-0.2, -0.15) is 0 Å². The van der Waals surface area contributed by atoms with Gasteiger partial charge >= 0.3 is 0 Å². The monoisotopic (exact) mass is 207 g/mol. The fourth-order valence-electron chi connectivity index (χ4n) is 1.66. The van der Waals surface area contributed by atoms with Gasteiger partial charge < -0.3 is 16.4 Å². The second-order valence-electron chi connectivity index (χ2n) is 3.61. The predicted octanol–water partition coefficient (Wildman–Crippen LogP) is 1.49. The van der Waals surface area contributed by atoms with Crippen LogP contribution in [0.1, 0.15) is 25.5 Å². The van der Waals surface area contributed by atoms with E-state index in [9.17, 15) is 0 Å². The maximum absolute atomic E-state index is 5.85. The van der Waals surface area contributed by atoms with Crippen molar-refractivity contribution in [1.82, 2.24) is 0 Å². The maximum atomic E-state index is 5.85. The Morgan fingerprint density at radius 2 is 1.67 bits per heavy atom. The molecule has 0 saturated heterocycles. The fraction of sp³-hybridized carbons (Fsp3) is 0.500. The largest absolute Gasteiger partial charge is 0.372 e. The first kappa shape index (κ1) is 12.0. The topological polar surface area (TPSA) is 55.3 Å². The van der Waals surface area contributed by atoms with Crippen LogP contribution in [0.4, 0.5) is 5.69 Å². The molecule has 3 nitrogen and oxygen atoms in total. The third kappa shape index (κ3) is 2.94. The number of hydrogen-bond donors (Lipinski definition) is 2. The summed E-state index contributed by atoms with van der Waals surface area (Å²) in [5, 5.41) is 0. The molecule has 15 heavy (non-hydrogen) atoms. The molecule has 0 saturated carbocycles.